The van der Waals surface area contributed by atoms with Crippen LogP contribution in [0.5, 0.6) is 0 Å². The van der Waals surface area contributed by atoms with Crippen LogP contribution < -0.4 is 0 Å². The maximum Gasteiger partial charge on any atom is 0.416 e. The summed E-state index contributed by atoms with van der Waals surface area (Å²) < 4.78 is 41.2. The van der Waals surface area contributed by atoms with Crippen molar-refractivity contribution in [1.82, 2.24) is 4.90 Å². The Morgan fingerprint density at radius 1 is 1.19 bits per heavy atom. The molecule has 3 rings (SSSR count). The summed E-state index contributed by atoms with van der Waals surface area (Å²) >= 11 is 6.18. The zero-order valence-electron chi connectivity index (χ0n) is 15.4. The summed E-state index contributed by atoms with van der Waals surface area (Å²) in [5, 5.41) is 0.477. The Morgan fingerprint density at radius 2 is 1.89 bits per heavy atom. The molecule has 0 spiro atoms. The molecule has 27 heavy (non-hydrogen) atoms. The van der Waals surface area contributed by atoms with Gasteiger partial charge in [-0.25, -0.2) is 4.99 Å². The quantitative estimate of drug-likeness (QED) is 0.406. The third-order valence-corrected chi connectivity index (χ3v) is 5.18. The highest BCUT2D eigenvalue weighted by Crippen LogP contribution is 2.47. The zero-order chi connectivity index (χ0) is 19.6. The van der Waals surface area contributed by atoms with Crippen molar-refractivity contribution in [2.24, 2.45) is 4.99 Å². The first-order valence-corrected chi connectivity index (χ1v) is 9.39. The van der Waals surface area contributed by atoms with Crippen LogP contribution in [0.1, 0.15) is 47.9 Å². The van der Waals surface area contributed by atoms with Crippen molar-refractivity contribution in [3.8, 4) is 0 Å². The van der Waals surface area contributed by atoms with Gasteiger partial charge in [0, 0.05) is 18.6 Å². The molecule has 0 N–H and O–H groups in total. The van der Waals surface area contributed by atoms with Crippen LogP contribution in [0.3, 0.4) is 0 Å². The van der Waals surface area contributed by atoms with E-state index >= 15 is 0 Å². The van der Waals surface area contributed by atoms with Gasteiger partial charge < -0.3 is 4.90 Å². The van der Waals surface area contributed by atoms with Crippen molar-refractivity contribution >= 4 is 23.6 Å². The van der Waals surface area contributed by atoms with Crippen LogP contribution >= 0.6 is 11.6 Å². The normalized spacial score (nSPS) is 14.7. The lowest BCUT2D eigenvalue weighted by molar-refractivity contribution is -0.138. The second-order valence-electron chi connectivity index (χ2n) is 6.93. The van der Waals surface area contributed by atoms with Crippen LogP contribution in [0.4, 0.5) is 18.9 Å². The summed E-state index contributed by atoms with van der Waals surface area (Å²) in [6.45, 7) is 2.70. The molecule has 0 amide bonds. The van der Waals surface area contributed by atoms with Crippen molar-refractivity contribution < 1.29 is 13.2 Å². The highest BCUT2D eigenvalue weighted by atomic mass is 35.5. The van der Waals surface area contributed by atoms with E-state index in [0.717, 1.165) is 24.9 Å². The number of hydrogen-bond acceptors (Lipinski definition) is 1. The van der Waals surface area contributed by atoms with E-state index in [1.54, 1.807) is 36.7 Å². The molecule has 1 aliphatic rings. The van der Waals surface area contributed by atoms with E-state index in [1.165, 1.54) is 6.07 Å². The maximum absolute atomic E-state index is 13.7. The predicted octanol–water partition coefficient (Wildman–Crippen LogP) is 6.44. The third kappa shape index (κ3) is 4.83. The number of halogens is 4. The van der Waals surface area contributed by atoms with Gasteiger partial charge in [-0.2, -0.15) is 13.2 Å². The van der Waals surface area contributed by atoms with E-state index < -0.39 is 11.7 Å². The topological polar surface area (TPSA) is 15.6 Å². The van der Waals surface area contributed by atoms with Crippen molar-refractivity contribution in [3.63, 3.8) is 0 Å². The molecule has 2 aromatic rings. The summed E-state index contributed by atoms with van der Waals surface area (Å²) in [5.74, 6) is 0.288. The van der Waals surface area contributed by atoms with E-state index in [-0.39, 0.29) is 17.9 Å². The number of hydrogen-bond donors (Lipinski definition) is 0. The Labute approximate surface area is 162 Å². The predicted molar refractivity (Wildman–Crippen MR) is 104 cm³/mol. The van der Waals surface area contributed by atoms with Crippen LogP contribution in [0, 0.1) is 0 Å². The second kappa shape index (κ2) is 7.93. The number of aliphatic imine (C=N–C) groups is 1. The van der Waals surface area contributed by atoms with Crippen LogP contribution in [-0.4, -0.2) is 24.8 Å². The van der Waals surface area contributed by atoms with Crippen LogP contribution in [0.15, 0.2) is 41.4 Å². The average Bonchev–Trinajstić information content (AvgIpc) is 3.46. The second-order valence-corrected chi connectivity index (χ2v) is 7.33. The molecule has 2 nitrogen and oxygen atoms in total. The molecule has 0 aliphatic heterocycles. The van der Waals surface area contributed by atoms with Gasteiger partial charge in [0.15, 0.2) is 0 Å². The minimum Gasteiger partial charge on any atom is -0.366 e. The van der Waals surface area contributed by atoms with Gasteiger partial charge in [0.05, 0.1) is 17.6 Å². The first-order valence-electron chi connectivity index (χ1n) is 9.01. The molecule has 0 aromatic heterocycles. The van der Waals surface area contributed by atoms with Gasteiger partial charge >= 0.3 is 6.18 Å². The molecule has 0 saturated heterocycles. The van der Waals surface area contributed by atoms with Gasteiger partial charge in [-0.1, -0.05) is 35.9 Å². The van der Waals surface area contributed by atoms with Crippen molar-refractivity contribution in [1.29, 1.82) is 0 Å². The average molecular weight is 395 g/mol. The fraction of sp³-hybridized carbons (Fsp3) is 0.381. The number of alkyl halides is 3. The minimum absolute atomic E-state index is 0.146. The molecule has 144 valence electrons. The monoisotopic (exact) mass is 394 g/mol. The fourth-order valence-electron chi connectivity index (χ4n) is 2.98. The molecule has 0 unspecified atom stereocenters. The molecular formula is C21H22ClF3N2. The van der Waals surface area contributed by atoms with Gasteiger partial charge in [-0.3, -0.25) is 0 Å². The summed E-state index contributed by atoms with van der Waals surface area (Å²) in [4.78, 5) is 6.19. The van der Waals surface area contributed by atoms with E-state index in [1.807, 2.05) is 18.9 Å². The molecular weight excluding hydrogens is 373 g/mol. The number of nitrogens with zero attached hydrogens (tertiary/aromatic N) is 2. The first-order chi connectivity index (χ1) is 12.8. The van der Waals surface area contributed by atoms with Gasteiger partial charge in [-0.15, -0.1) is 0 Å². The molecule has 0 heterocycles. The van der Waals surface area contributed by atoms with E-state index in [2.05, 4.69) is 4.99 Å². The van der Waals surface area contributed by atoms with Crippen LogP contribution in [0.2, 0.25) is 5.02 Å². The molecule has 6 heteroatoms. The molecule has 1 saturated carbocycles. The molecule has 1 aliphatic carbocycles. The lowest BCUT2D eigenvalue weighted by Crippen LogP contribution is -2.14. The zero-order valence-corrected chi connectivity index (χ0v) is 16.1. The lowest BCUT2D eigenvalue weighted by Gasteiger charge is -2.18. The SMILES string of the molecule is CCN(C)C=Nc1cc(C(F)(F)F)c(Cc2ccccc2Cl)cc1C1CC1. The van der Waals surface area contributed by atoms with Gasteiger partial charge in [0.25, 0.3) is 0 Å². The van der Waals surface area contributed by atoms with Crippen molar-refractivity contribution in [3.05, 3.63) is 63.7 Å². The number of benzene rings is 2. The molecule has 0 bridgehead atoms. The van der Waals surface area contributed by atoms with Crippen LogP contribution in [0.25, 0.3) is 0 Å². The molecule has 2 aromatic carbocycles. The van der Waals surface area contributed by atoms with Crippen molar-refractivity contribution in [2.75, 3.05) is 13.6 Å². The number of rotatable bonds is 6. The Balaban J connectivity index is 2.08. The third-order valence-electron chi connectivity index (χ3n) is 4.81. The lowest BCUT2D eigenvalue weighted by atomic mass is 9.94. The summed E-state index contributed by atoms with van der Waals surface area (Å²) in [6, 6.07) is 9.90. The Kier molecular flexibility index (Phi) is 5.80. The summed E-state index contributed by atoms with van der Waals surface area (Å²) in [7, 11) is 1.84. The summed E-state index contributed by atoms with van der Waals surface area (Å²) in [5.41, 5.74) is 1.60. The van der Waals surface area contributed by atoms with Gasteiger partial charge in [-0.05, 0) is 60.9 Å². The van der Waals surface area contributed by atoms with Crippen LogP contribution in [-0.2, 0) is 12.6 Å². The molecule has 0 atom stereocenters. The highest BCUT2D eigenvalue weighted by Gasteiger charge is 2.36. The van der Waals surface area contributed by atoms with E-state index in [4.69, 9.17) is 11.6 Å². The maximum atomic E-state index is 13.7. The Morgan fingerprint density at radius 3 is 2.48 bits per heavy atom. The first kappa shape index (κ1) is 19.7. The summed E-state index contributed by atoms with van der Waals surface area (Å²) in [6.07, 6.45) is -0.728. The van der Waals surface area contributed by atoms with Gasteiger partial charge in [0.1, 0.15) is 0 Å². The standard InChI is InChI=1S/C21H22ClF3N2/c1-3-27(2)13-26-20-12-18(21(23,24)25)16(11-17(20)14-8-9-14)10-15-6-4-5-7-19(15)22/h4-7,11-14H,3,8-10H2,1-2H3. The molecule has 1 fully saturated rings. The highest BCUT2D eigenvalue weighted by molar-refractivity contribution is 6.31. The smallest absolute Gasteiger partial charge is 0.366 e. The Hall–Kier alpha value is -2.01. The van der Waals surface area contributed by atoms with Crippen molar-refractivity contribution in [2.45, 2.75) is 38.3 Å². The fourth-order valence-corrected chi connectivity index (χ4v) is 3.19. The molecule has 0 radical (unpaired) electrons. The van der Waals surface area contributed by atoms with E-state index in [0.29, 0.717) is 16.3 Å². The Bertz CT molecular complexity index is 842. The van der Waals surface area contributed by atoms with E-state index in [9.17, 15) is 13.2 Å². The largest absolute Gasteiger partial charge is 0.416 e. The van der Waals surface area contributed by atoms with Gasteiger partial charge in [0.2, 0.25) is 0 Å². The minimum atomic E-state index is -4.44.